The largest absolute Gasteiger partial charge is 0.573 e. The predicted octanol–water partition coefficient (Wildman–Crippen LogP) is 4.66. The maximum Gasteiger partial charge on any atom is 0.573 e. The first-order valence-electron chi connectivity index (χ1n) is 5.72. The molecule has 17 heavy (non-hydrogen) atoms. The lowest BCUT2D eigenvalue weighted by Gasteiger charge is -2.16. The molecule has 0 N–H and O–H groups in total. The maximum atomic E-state index is 12.2. The third-order valence-corrected chi connectivity index (χ3v) is 2.46. The highest BCUT2D eigenvalue weighted by molar-refractivity contribution is 5.39. The summed E-state index contributed by atoms with van der Waals surface area (Å²) in [5.41, 5.74) is 1.65. The molecule has 0 aliphatic rings. The predicted molar refractivity (Wildman–Crippen MR) is 61.2 cm³/mol. The van der Waals surface area contributed by atoms with Crippen molar-refractivity contribution in [2.24, 2.45) is 0 Å². The van der Waals surface area contributed by atoms with Crippen LogP contribution in [-0.2, 0) is 6.42 Å². The molecule has 0 amide bonds. The zero-order valence-electron chi connectivity index (χ0n) is 10.3. The van der Waals surface area contributed by atoms with Crippen molar-refractivity contribution in [2.45, 2.75) is 45.9 Å². The smallest absolute Gasteiger partial charge is 0.405 e. The van der Waals surface area contributed by atoms with E-state index >= 15 is 0 Å². The van der Waals surface area contributed by atoms with Gasteiger partial charge >= 0.3 is 6.36 Å². The van der Waals surface area contributed by atoms with Crippen LogP contribution in [0.5, 0.6) is 5.75 Å². The van der Waals surface area contributed by atoms with Gasteiger partial charge in [-0.25, -0.2) is 0 Å². The summed E-state index contributed by atoms with van der Waals surface area (Å²) in [7, 11) is 0. The molecule has 1 rings (SSSR count). The molecule has 1 aromatic rings. The quantitative estimate of drug-likeness (QED) is 0.750. The summed E-state index contributed by atoms with van der Waals surface area (Å²) in [6.07, 6.45) is -2.79. The van der Waals surface area contributed by atoms with E-state index in [1.54, 1.807) is 12.1 Å². The number of alkyl halides is 3. The Bertz CT molecular complexity index is 369. The average Bonchev–Trinajstić information content (AvgIpc) is 2.18. The van der Waals surface area contributed by atoms with Gasteiger partial charge in [0.1, 0.15) is 5.75 Å². The summed E-state index contributed by atoms with van der Waals surface area (Å²) in [6, 6.07) is 4.90. The van der Waals surface area contributed by atoms with E-state index in [-0.39, 0.29) is 11.7 Å². The summed E-state index contributed by atoms with van der Waals surface area (Å²) < 4.78 is 40.7. The molecule has 0 fully saturated rings. The van der Waals surface area contributed by atoms with Crippen molar-refractivity contribution in [3.05, 3.63) is 29.3 Å². The summed E-state index contributed by atoms with van der Waals surface area (Å²) in [6.45, 7) is 5.75. The molecular weight excluding hydrogens is 229 g/mol. The van der Waals surface area contributed by atoms with Gasteiger partial charge in [-0.1, -0.05) is 39.3 Å². The molecule has 0 saturated heterocycles. The number of ether oxygens (including phenoxy) is 1. The number of rotatable bonds is 4. The van der Waals surface area contributed by atoms with E-state index < -0.39 is 6.36 Å². The van der Waals surface area contributed by atoms with Crippen molar-refractivity contribution in [2.75, 3.05) is 0 Å². The van der Waals surface area contributed by atoms with Crippen LogP contribution in [0, 0.1) is 0 Å². The van der Waals surface area contributed by atoms with Crippen molar-refractivity contribution >= 4 is 0 Å². The van der Waals surface area contributed by atoms with Crippen molar-refractivity contribution in [3.8, 4) is 5.75 Å². The number of halogens is 3. The molecule has 0 aliphatic carbocycles. The lowest BCUT2D eigenvalue weighted by atomic mass is 9.98. The van der Waals surface area contributed by atoms with Crippen LogP contribution in [-0.4, -0.2) is 6.36 Å². The van der Waals surface area contributed by atoms with Crippen molar-refractivity contribution in [1.82, 2.24) is 0 Å². The molecule has 0 unspecified atom stereocenters. The zero-order chi connectivity index (χ0) is 13.1. The summed E-state index contributed by atoms with van der Waals surface area (Å²) in [5.74, 6) is -0.0866. The first-order chi connectivity index (χ1) is 7.83. The van der Waals surface area contributed by atoms with Crippen LogP contribution in [0.4, 0.5) is 13.2 Å². The molecule has 0 aliphatic heterocycles. The number of benzene rings is 1. The molecule has 0 heterocycles. The second kappa shape index (κ2) is 5.43. The maximum absolute atomic E-state index is 12.2. The van der Waals surface area contributed by atoms with E-state index in [4.69, 9.17) is 0 Å². The van der Waals surface area contributed by atoms with Crippen molar-refractivity contribution < 1.29 is 17.9 Å². The van der Waals surface area contributed by atoms with Gasteiger partial charge in [-0.2, -0.15) is 0 Å². The van der Waals surface area contributed by atoms with Gasteiger partial charge in [0.15, 0.2) is 0 Å². The second-order valence-electron chi connectivity index (χ2n) is 4.32. The van der Waals surface area contributed by atoms with Crippen LogP contribution in [0.25, 0.3) is 0 Å². The van der Waals surface area contributed by atoms with E-state index in [2.05, 4.69) is 4.74 Å². The first kappa shape index (κ1) is 13.9. The van der Waals surface area contributed by atoms with E-state index in [0.717, 1.165) is 18.4 Å². The van der Waals surface area contributed by atoms with Gasteiger partial charge in [0.25, 0.3) is 0 Å². The number of hydrogen-bond acceptors (Lipinski definition) is 1. The minimum absolute atomic E-state index is 0.00385. The average molecular weight is 246 g/mol. The lowest BCUT2D eigenvalue weighted by Crippen LogP contribution is -2.18. The molecule has 0 radical (unpaired) electrons. The second-order valence-corrected chi connectivity index (χ2v) is 4.32. The number of hydrogen-bond donors (Lipinski definition) is 0. The van der Waals surface area contributed by atoms with Gasteiger partial charge in [0.2, 0.25) is 0 Å². The standard InChI is InChI=1S/C13H17F3O/c1-4-5-10-6-7-12(17-13(14,15)16)11(8-10)9(2)3/h6-9H,4-5H2,1-3H3. The molecule has 0 aromatic heterocycles. The minimum atomic E-state index is -4.63. The van der Waals surface area contributed by atoms with E-state index in [1.165, 1.54) is 6.07 Å². The Morgan fingerprint density at radius 3 is 2.35 bits per heavy atom. The molecular formula is C13H17F3O. The van der Waals surface area contributed by atoms with Gasteiger partial charge in [0.05, 0.1) is 0 Å². The molecule has 0 bridgehead atoms. The van der Waals surface area contributed by atoms with E-state index in [1.807, 2.05) is 20.8 Å². The van der Waals surface area contributed by atoms with Crippen LogP contribution < -0.4 is 4.74 Å². The fourth-order valence-corrected chi connectivity index (χ4v) is 1.71. The Balaban J connectivity index is 3.04. The molecule has 0 atom stereocenters. The highest BCUT2D eigenvalue weighted by atomic mass is 19.4. The van der Waals surface area contributed by atoms with Gasteiger partial charge in [-0.15, -0.1) is 13.2 Å². The third kappa shape index (κ3) is 4.29. The van der Waals surface area contributed by atoms with E-state index in [9.17, 15) is 13.2 Å². The molecule has 4 heteroatoms. The van der Waals surface area contributed by atoms with Crippen LogP contribution in [0.3, 0.4) is 0 Å². The van der Waals surface area contributed by atoms with Crippen molar-refractivity contribution in [1.29, 1.82) is 0 Å². The molecule has 0 spiro atoms. The van der Waals surface area contributed by atoms with Crippen LogP contribution in [0.15, 0.2) is 18.2 Å². The third-order valence-electron chi connectivity index (χ3n) is 2.46. The van der Waals surface area contributed by atoms with Gasteiger partial charge in [-0.3, -0.25) is 0 Å². The summed E-state index contributed by atoms with van der Waals surface area (Å²) in [4.78, 5) is 0. The van der Waals surface area contributed by atoms with Crippen LogP contribution in [0.2, 0.25) is 0 Å². The van der Waals surface area contributed by atoms with Gasteiger partial charge in [-0.05, 0) is 29.5 Å². The Morgan fingerprint density at radius 2 is 1.88 bits per heavy atom. The van der Waals surface area contributed by atoms with Gasteiger partial charge in [0, 0.05) is 0 Å². The molecule has 0 saturated carbocycles. The fraction of sp³-hybridized carbons (Fsp3) is 0.538. The molecule has 1 nitrogen and oxygen atoms in total. The Labute approximate surface area is 99.6 Å². The lowest BCUT2D eigenvalue weighted by molar-refractivity contribution is -0.274. The van der Waals surface area contributed by atoms with E-state index in [0.29, 0.717) is 5.56 Å². The highest BCUT2D eigenvalue weighted by Gasteiger charge is 2.32. The monoisotopic (exact) mass is 246 g/mol. The number of aryl methyl sites for hydroxylation is 1. The summed E-state index contributed by atoms with van der Waals surface area (Å²) >= 11 is 0. The Kier molecular flexibility index (Phi) is 4.43. The van der Waals surface area contributed by atoms with Crippen LogP contribution in [0.1, 0.15) is 44.2 Å². The topological polar surface area (TPSA) is 9.23 Å². The summed E-state index contributed by atoms with van der Waals surface area (Å²) in [5, 5.41) is 0. The normalized spacial score (nSPS) is 11.9. The SMILES string of the molecule is CCCc1ccc(OC(F)(F)F)c(C(C)C)c1. The van der Waals surface area contributed by atoms with Crippen LogP contribution >= 0.6 is 0 Å². The Morgan fingerprint density at radius 1 is 1.24 bits per heavy atom. The first-order valence-corrected chi connectivity index (χ1v) is 5.72. The zero-order valence-corrected chi connectivity index (χ0v) is 10.3. The molecule has 1 aromatic carbocycles. The molecule has 96 valence electrons. The van der Waals surface area contributed by atoms with Gasteiger partial charge < -0.3 is 4.74 Å². The fourth-order valence-electron chi connectivity index (χ4n) is 1.71. The minimum Gasteiger partial charge on any atom is -0.405 e. The Hall–Kier alpha value is -1.19. The highest BCUT2D eigenvalue weighted by Crippen LogP contribution is 2.32. The van der Waals surface area contributed by atoms with Crippen molar-refractivity contribution in [3.63, 3.8) is 0 Å².